The van der Waals surface area contributed by atoms with E-state index in [-0.39, 0.29) is 5.82 Å². The van der Waals surface area contributed by atoms with Gasteiger partial charge < -0.3 is 9.80 Å². The highest BCUT2D eigenvalue weighted by atomic mass is 19.1. The van der Waals surface area contributed by atoms with Crippen LogP contribution in [-0.2, 0) is 0 Å². The van der Waals surface area contributed by atoms with Gasteiger partial charge in [0.15, 0.2) is 5.82 Å². The van der Waals surface area contributed by atoms with Crippen LogP contribution >= 0.6 is 0 Å². The number of hydrogen-bond donors (Lipinski definition) is 0. The SMILES string of the molecule is CN1CCN(c2cc(-c3ccncc3)c(-c3cc(F)cc4ccccc34)nn2)CC1. The Kier molecular flexibility index (Phi) is 4.85. The summed E-state index contributed by atoms with van der Waals surface area (Å²) in [5.41, 5.74) is 3.33. The molecule has 4 aromatic rings. The van der Waals surface area contributed by atoms with Crippen molar-refractivity contribution in [3.8, 4) is 22.4 Å². The Morgan fingerprint density at radius 2 is 1.60 bits per heavy atom. The molecule has 30 heavy (non-hydrogen) atoms. The second-order valence-corrected chi connectivity index (χ2v) is 7.67. The van der Waals surface area contributed by atoms with Gasteiger partial charge in [0.05, 0.1) is 0 Å². The van der Waals surface area contributed by atoms with Crippen molar-refractivity contribution in [1.29, 1.82) is 0 Å². The molecule has 150 valence electrons. The van der Waals surface area contributed by atoms with Crippen molar-refractivity contribution in [2.24, 2.45) is 0 Å². The van der Waals surface area contributed by atoms with E-state index < -0.39 is 0 Å². The largest absolute Gasteiger partial charge is 0.353 e. The lowest BCUT2D eigenvalue weighted by molar-refractivity contribution is 0.312. The van der Waals surface area contributed by atoms with Crippen molar-refractivity contribution in [3.63, 3.8) is 0 Å². The molecule has 3 heterocycles. The van der Waals surface area contributed by atoms with Gasteiger partial charge in [0.2, 0.25) is 0 Å². The summed E-state index contributed by atoms with van der Waals surface area (Å²) >= 11 is 0. The number of pyridine rings is 1. The van der Waals surface area contributed by atoms with Gasteiger partial charge in [-0.25, -0.2) is 4.39 Å². The summed E-state index contributed by atoms with van der Waals surface area (Å²) in [6.45, 7) is 3.79. The van der Waals surface area contributed by atoms with E-state index in [1.54, 1.807) is 24.5 Å². The summed E-state index contributed by atoms with van der Waals surface area (Å²) in [5.74, 6) is 0.564. The van der Waals surface area contributed by atoms with E-state index in [1.165, 1.54) is 0 Å². The third-order valence-electron chi connectivity index (χ3n) is 5.68. The number of piperazine rings is 1. The fourth-order valence-corrected chi connectivity index (χ4v) is 3.99. The van der Waals surface area contributed by atoms with Crippen LogP contribution in [0.15, 0.2) is 67.0 Å². The molecular weight excluding hydrogens is 377 g/mol. The third-order valence-corrected chi connectivity index (χ3v) is 5.68. The summed E-state index contributed by atoms with van der Waals surface area (Å²) in [7, 11) is 2.13. The molecule has 0 atom stereocenters. The molecule has 0 amide bonds. The van der Waals surface area contributed by atoms with E-state index in [9.17, 15) is 4.39 Å². The molecule has 6 heteroatoms. The minimum absolute atomic E-state index is 0.283. The number of fused-ring (bicyclic) bond motifs is 1. The molecule has 0 aliphatic carbocycles. The summed E-state index contributed by atoms with van der Waals surface area (Å²) in [4.78, 5) is 8.71. The molecule has 2 aromatic heterocycles. The molecular formula is C24H22FN5. The Labute approximate surface area is 174 Å². The molecule has 0 spiro atoms. The predicted molar refractivity (Wildman–Crippen MR) is 118 cm³/mol. The second kappa shape index (κ2) is 7.80. The normalized spacial score (nSPS) is 14.9. The summed E-state index contributed by atoms with van der Waals surface area (Å²) < 4.78 is 14.5. The Morgan fingerprint density at radius 1 is 0.833 bits per heavy atom. The topological polar surface area (TPSA) is 45.2 Å². The molecule has 0 unspecified atom stereocenters. The molecule has 0 radical (unpaired) electrons. The molecule has 0 saturated carbocycles. The fraction of sp³-hybridized carbons (Fsp3) is 0.208. The van der Waals surface area contributed by atoms with Crippen LogP contribution in [0, 0.1) is 5.82 Å². The molecule has 1 aliphatic heterocycles. The molecule has 5 rings (SSSR count). The Hall–Kier alpha value is -3.38. The first kappa shape index (κ1) is 18.6. The summed E-state index contributed by atoms with van der Waals surface area (Å²) in [6.07, 6.45) is 3.53. The summed E-state index contributed by atoms with van der Waals surface area (Å²) in [6, 6.07) is 16.9. The van der Waals surface area contributed by atoms with Gasteiger partial charge in [-0.15, -0.1) is 10.2 Å². The van der Waals surface area contributed by atoms with Gasteiger partial charge in [0.1, 0.15) is 11.5 Å². The van der Waals surface area contributed by atoms with Gasteiger partial charge in [0, 0.05) is 49.7 Å². The number of anilines is 1. The number of halogens is 1. The standard InChI is InChI=1S/C24H22FN5/c1-29-10-12-30(13-11-29)23-16-21(17-6-8-26-9-7-17)24(28-27-23)22-15-19(25)14-18-4-2-3-5-20(18)22/h2-9,14-16H,10-13H2,1H3. The zero-order valence-electron chi connectivity index (χ0n) is 16.8. The highest BCUT2D eigenvalue weighted by Crippen LogP contribution is 2.36. The van der Waals surface area contributed by atoms with Crippen LogP contribution in [0.4, 0.5) is 10.2 Å². The number of benzene rings is 2. The molecule has 1 fully saturated rings. The van der Waals surface area contributed by atoms with Crippen molar-refractivity contribution in [2.45, 2.75) is 0 Å². The maximum absolute atomic E-state index is 14.5. The zero-order chi connectivity index (χ0) is 20.5. The van der Waals surface area contributed by atoms with E-state index in [1.807, 2.05) is 36.4 Å². The lowest BCUT2D eigenvalue weighted by atomic mass is 9.96. The average molecular weight is 399 g/mol. The molecule has 1 aliphatic rings. The van der Waals surface area contributed by atoms with Crippen molar-refractivity contribution in [2.75, 3.05) is 38.1 Å². The van der Waals surface area contributed by atoms with Crippen LogP contribution in [0.25, 0.3) is 33.2 Å². The number of nitrogens with zero attached hydrogens (tertiary/aromatic N) is 5. The average Bonchev–Trinajstić information content (AvgIpc) is 2.79. The minimum Gasteiger partial charge on any atom is -0.353 e. The monoisotopic (exact) mass is 399 g/mol. The molecule has 5 nitrogen and oxygen atoms in total. The molecule has 0 N–H and O–H groups in total. The van der Waals surface area contributed by atoms with Crippen LogP contribution < -0.4 is 4.90 Å². The van der Waals surface area contributed by atoms with E-state index in [0.29, 0.717) is 5.69 Å². The Balaban J connectivity index is 1.69. The van der Waals surface area contributed by atoms with Gasteiger partial charge in [-0.2, -0.15) is 0 Å². The maximum Gasteiger partial charge on any atom is 0.151 e. The lowest BCUT2D eigenvalue weighted by Crippen LogP contribution is -2.44. The van der Waals surface area contributed by atoms with E-state index in [2.05, 4.69) is 38.1 Å². The fourth-order valence-electron chi connectivity index (χ4n) is 3.99. The number of aromatic nitrogens is 3. The Bertz CT molecular complexity index is 1190. The number of rotatable bonds is 3. The van der Waals surface area contributed by atoms with Crippen molar-refractivity contribution in [1.82, 2.24) is 20.1 Å². The number of hydrogen-bond acceptors (Lipinski definition) is 5. The van der Waals surface area contributed by atoms with Gasteiger partial charge in [-0.1, -0.05) is 24.3 Å². The van der Waals surface area contributed by atoms with Crippen LogP contribution in [0.1, 0.15) is 0 Å². The van der Waals surface area contributed by atoms with Gasteiger partial charge in [0.25, 0.3) is 0 Å². The molecule has 0 bridgehead atoms. The van der Waals surface area contributed by atoms with Crippen molar-refractivity contribution < 1.29 is 4.39 Å². The maximum atomic E-state index is 14.5. The molecule has 1 saturated heterocycles. The van der Waals surface area contributed by atoms with Crippen molar-refractivity contribution in [3.05, 3.63) is 72.8 Å². The van der Waals surface area contributed by atoms with Crippen LogP contribution in [0.5, 0.6) is 0 Å². The van der Waals surface area contributed by atoms with Crippen LogP contribution in [-0.4, -0.2) is 53.3 Å². The number of likely N-dealkylation sites (N-methyl/N-ethyl adjacent to an activating group) is 1. The highest BCUT2D eigenvalue weighted by molar-refractivity contribution is 5.99. The first-order valence-electron chi connectivity index (χ1n) is 10.1. The zero-order valence-corrected chi connectivity index (χ0v) is 16.8. The van der Waals surface area contributed by atoms with E-state index >= 15 is 0 Å². The first-order valence-corrected chi connectivity index (χ1v) is 10.1. The lowest BCUT2D eigenvalue weighted by Gasteiger charge is -2.33. The summed E-state index contributed by atoms with van der Waals surface area (Å²) in [5, 5.41) is 11.0. The second-order valence-electron chi connectivity index (χ2n) is 7.67. The molecule has 2 aromatic carbocycles. The smallest absolute Gasteiger partial charge is 0.151 e. The third kappa shape index (κ3) is 3.50. The van der Waals surface area contributed by atoms with E-state index in [0.717, 1.165) is 59.5 Å². The highest BCUT2D eigenvalue weighted by Gasteiger charge is 2.20. The predicted octanol–water partition coefficient (Wildman–Crippen LogP) is 4.25. The van der Waals surface area contributed by atoms with Gasteiger partial charge >= 0.3 is 0 Å². The Morgan fingerprint density at radius 3 is 2.40 bits per heavy atom. The quantitative estimate of drug-likeness (QED) is 0.515. The van der Waals surface area contributed by atoms with Crippen LogP contribution in [0.2, 0.25) is 0 Å². The minimum atomic E-state index is -0.283. The van der Waals surface area contributed by atoms with Gasteiger partial charge in [-0.3, -0.25) is 4.98 Å². The first-order chi connectivity index (χ1) is 14.7. The van der Waals surface area contributed by atoms with Gasteiger partial charge in [-0.05, 0) is 53.7 Å². The van der Waals surface area contributed by atoms with E-state index in [4.69, 9.17) is 0 Å². The van der Waals surface area contributed by atoms with Crippen molar-refractivity contribution >= 4 is 16.6 Å². The van der Waals surface area contributed by atoms with Crippen LogP contribution in [0.3, 0.4) is 0 Å².